The van der Waals surface area contributed by atoms with Crippen molar-refractivity contribution in [2.75, 3.05) is 25.1 Å². The number of nitrogen functional groups attached to an aromatic ring is 1. The number of hydrogen-bond acceptors (Lipinski definition) is 5. The molecule has 1 rings (SSSR count). The van der Waals surface area contributed by atoms with Gasteiger partial charge in [-0.05, 0) is 20.8 Å². The maximum atomic E-state index is 11.7. The molecular formula is C10H19N5OS. The van der Waals surface area contributed by atoms with Crippen LogP contribution in [-0.2, 0) is 4.79 Å². The van der Waals surface area contributed by atoms with Gasteiger partial charge >= 0.3 is 0 Å². The Hall–Kier alpha value is -1.24. The summed E-state index contributed by atoms with van der Waals surface area (Å²) in [5.74, 6) is 0.822. The molecule has 0 spiro atoms. The number of nitrogens with zero attached hydrogens (tertiary/aromatic N) is 4. The van der Waals surface area contributed by atoms with E-state index in [-0.39, 0.29) is 11.9 Å². The zero-order valence-corrected chi connectivity index (χ0v) is 11.5. The van der Waals surface area contributed by atoms with Crippen molar-refractivity contribution in [3.05, 3.63) is 0 Å². The van der Waals surface area contributed by atoms with Crippen LogP contribution in [0.3, 0.4) is 0 Å². The Morgan fingerprint density at radius 1 is 1.53 bits per heavy atom. The SMILES string of the molecule is CCN(C)C(=O)CSc1nnc(N)n1C(C)C. The molecule has 0 radical (unpaired) electrons. The van der Waals surface area contributed by atoms with Crippen molar-refractivity contribution in [2.24, 2.45) is 0 Å². The first kappa shape index (κ1) is 13.8. The topological polar surface area (TPSA) is 77.0 Å². The molecule has 0 aliphatic rings. The second-order valence-corrected chi connectivity index (χ2v) is 4.94. The molecule has 0 aliphatic carbocycles. The normalized spacial score (nSPS) is 10.9. The van der Waals surface area contributed by atoms with E-state index in [0.717, 1.165) is 0 Å². The average Bonchev–Trinajstić information content (AvgIpc) is 2.66. The van der Waals surface area contributed by atoms with Crippen LogP contribution in [0.5, 0.6) is 0 Å². The summed E-state index contributed by atoms with van der Waals surface area (Å²) in [6.45, 7) is 6.66. The van der Waals surface area contributed by atoms with Crippen LogP contribution in [0.25, 0.3) is 0 Å². The molecule has 0 aromatic carbocycles. The first-order chi connectivity index (χ1) is 7.97. The van der Waals surface area contributed by atoms with Gasteiger partial charge in [0.05, 0.1) is 5.75 Å². The lowest BCUT2D eigenvalue weighted by Crippen LogP contribution is -2.27. The monoisotopic (exact) mass is 257 g/mol. The van der Waals surface area contributed by atoms with Gasteiger partial charge in [0, 0.05) is 19.6 Å². The standard InChI is InChI=1S/C10H19N5OS/c1-5-14(4)8(16)6-17-10-13-12-9(11)15(10)7(2)3/h7H,5-6H2,1-4H3,(H2,11,12). The van der Waals surface area contributed by atoms with Gasteiger partial charge in [0.2, 0.25) is 11.9 Å². The Labute approximate surface area is 106 Å². The van der Waals surface area contributed by atoms with Gasteiger partial charge in [-0.2, -0.15) is 0 Å². The predicted molar refractivity (Wildman–Crippen MR) is 68.9 cm³/mol. The predicted octanol–water partition coefficient (Wildman–Crippen LogP) is 1.01. The van der Waals surface area contributed by atoms with Crippen LogP contribution < -0.4 is 5.73 Å². The van der Waals surface area contributed by atoms with Crippen LogP contribution in [0.4, 0.5) is 5.95 Å². The van der Waals surface area contributed by atoms with E-state index in [0.29, 0.717) is 23.4 Å². The van der Waals surface area contributed by atoms with Crippen molar-refractivity contribution in [1.82, 2.24) is 19.7 Å². The molecule has 0 atom stereocenters. The Morgan fingerprint density at radius 3 is 2.71 bits per heavy atom. The number of aromatic nitrogens is 3. The van der Waals surface area contributed by atoms with E-state index in [1.54, 1.807) is 11.9 Å². The van der Waals surface area contributed by atoms with Gasteiger partial charge in [-0.3, -0.25) is 9.36 Å². The molecule has 1 aromatic rings. The Kier molecular flexibility index (Phi) is 4.80. The molecule has 96 valence electrons. The smallest absolute Gasteiger partial charge is 0.232 e. The van der Waals surface area contributed by atoms with Gasteiger partial charge in [0.15, 0.2) is 5.16 Å². The maximum Gasteiger partial charge on any atom is 0.232 e. The van der Waals surface area contributed by atoms with E-state index in [2.05, 4.69) is 10.2 Å². The van der Waals surface area contributed by atoms with Crippen molar-refractivity contribution in [3.8, 4) is 0 Å². The van der Waals surface area contributed by atoms with Gasteiger partial charge in [-0.15, -0.1) is 10.2 Å². The van der Waals surface area contributed by atoms with Gasteiger partial charge in [-0.1, -0.05) is 11.8 Å². The van der Waals surface area contributed by atoms with Crippen LogP contribution >= 0.6 is 11.8 Å². The first-order valence-electron chi connectivity index (χ1n) is 5.54. The molecule has 2 N–H and O–H groups in total. The van der Waals surface area contributed by atoms with Crippen molar-refractivity contribution >= 4 is 23.6 Å². The maximum absolute atomic E-state index is 11.7. The number of nitrogens with two attached hydrogens (primary N) is 1. The quantitative estimate of drug-likeness (QED) is 0.797. The van der Waals surface area contributed by atoms with Crippen molar-refractivity contribution in [1.29, 1.82) is 0 Å². The zero-order valence-electron chi connectivity index (χ0n) is 10.7. The highest BCUT2D eigenvalue weighted by Gasteiger charge is 2.15. The summed E-state index contributed by atoms with van der Waals surface area (Å²) in [6, 6.07) is 0.187. The molecule has 0 aliphatic heterocycles. The molecule has 0 bridgehead atoms. The highest BCUT2D eigenvalue weighted by Crippen LogP contribution is 2.22. The summed E-state index contributed by atoms with van der Waals surface area (Å²) in [7, 11) is 1.78. The molecule has 1 heterocycles. The molecule has 0 saturated heterocycles. The Bertz CT molecular complexity index is 390. The lowest BCUT2D eigenvalue weighted by Gasteiger charge is -2.14. The summed E-state index contributed by atoms with van der Waals surface area (Å²) in [6.07, 6.45) is 0. The van der Waals surface area contributed by atoms with Crippen LogP contribution in [0.15, 0.2) is 5.16 Å². The number of carbonyl (C=O) groups is 1. The highest BCUT2D eigenvalue weighted by atomic mass is 32.2. The molecule has 0 unspecified atom stereocenters. The van der Waals surface area contributed by atoms with Crippen molar-refractivity contribution in [3.63, 3.8) is 0 Å². The van der Waals surface area contributed by atoms with E-state index in [4.69, 9.17) is 5.73 Å². The van der Waals surface area contributed by atoms with E-state index in [1.165, 1.54) is 11.8 Å². The van der Waals surface area contributed by atoms with Crippen LogP contribution in [-0.4, -0.2) is 44.9 Å². The summed E-state index contributed by atoms with van der Waals surface area (Å²) >= 11 is 1.37. The highest BCUT2D eigenvalue weighted by molar-refractivity contribution is 7.99. The largest absolute Gasteiger partial charge is 0.368 e. The minimum Gasteiger partial charge on any atom is -0.368 e. The molecule has 6 nitrogen and oxygen atoms in total. The molecule has 0 saturated carbocycles. The number of anilines is 1. The fraction of sp³-hybridized carbons (Fsp3) is 0.700. The molecular weight excluding hydrogens is 238 g/mol. The molecule has 17 heavy (non-hydrogen) atoms. The Balaban J connectivity index is 2.67. The summed E-state index contributed by atoms with van der Waals surface area (Å²) < 4.78 is 1.82. The first-order valence-corrected chi connectivity index (χ1v) is 6.53. The third-order valence-corrected chi connectivity index (χ3v) is 3.36. The van der Waals surface area contributed by atoms with Gasteiger partial charge < -0.3 is 10.6 Å². The lowest BCUT2D eigenvalue weighted by atomic mass is 10.4. The van der Waals surface area contributed by atoms with E-state index in [9.17, 15) is 4.79 Å². The number of rotatable bonds is 5. The summed E-state index contributed by atoms with van der Waals surface area (Å²) in [5, 5.41) is 8.49. The minimum atomic E-state index is 0.0781. The van der Waals surface area contributed by atoms with Gasteiger partial charge in [-0.25, -0.2) is 0 Å². The summed E-state index contributed by atoms with van der Waals surface area (Å²) in [4.78, 5) is 13.3. The molecule has 7 heteroatoms. The van der Waals surface area contributed by atoms with Crippen LogP contribution in [0, 0.1) is 0 Å². The minimum absolute atomic E-state index is 0.0781. The zero-order chi connectivity index (χ0) is 13.0. The second-order valence-electron chi connectivity index (χ2n) is 4.00. The van der Waals surface area contributed by atoms with Gasteiger partial charge in [0.1, 0.15) is 0 Å². The molecule has 1 amide bonds. The number of hydrogen-bond donors (Lipinski definition) is 1. The molecule has 0 fully saturated rings. The number of thioether (sulfide) groups is 1. The fourth-order valence-corrected chi connectivity index (χ4v) is 2.30. The van der Waals surface area contributed by atoms with Gasteiger partial charge in [0.25, 0.3) is 0 Å². The second kappa shape index (κ2) is 5.90. The van der Waals surface area contributed by atoms with E-state index < -0.39 is 0 Å². The van der Waals surface area contributed by atoms with Crippen LogP contribution in [0.1, 0.15) is 26.8 Å². The average molecular weight is 257 g/mol. The lowest BCUT2D eigenvalue weighted by molar-refractivity contribution is -0.126. The number of carbonyl (C=O) groups excluding carboxylic acids is 1. The summed E-state index contributed by atoms with van der Waals surface area (Å²) in [5.41, 5.74) is 5.72. The third kappa shape index (κ3) is 3.36. The number of amides is 1. The van der Waals surface area contributed by atoms with Crippen molar-refractivity contribution in [2.45, 2.75) is 32.0 Å². The van der Waals surface area contributed by atoms with Crippen LogP contribution in [0.2, 0.25) is 0 Å². The van der Waals surface area contributed by atoms with E-state index in [1.807, 2.05) is 25.3 Å². The third-order valence-electron chi connectivity index (χ3n) is 2.43. The Morgan fingerprint density at radius 2 is 2.18 bits per heavy atom. The molecule has 1 aromatic heterocycles. The van der Waals surface area contributed by atoms with Crippen molar-refractivity contribution < 1.29 is 4.79 Å². The fourth-order valence-electron chi connectivity index (χ4n) is 1.29. The van der Waals surface area contributed by atoms with E-state index >= 15 is 0 Å².